The summed E-state index contributed by atoms with van der Waals surface area (Å²) in [6, 6.07) is 3.47. The maximum absolute atomic E-state index is 11.6. The molecule has 0 bridgehead atoms. The van der Waals surface area contributed by atoms with Crippen LogP contribution in [-0.4, -0.2) is 4.57 Å². The standard InChI is InChI=1S/C11H13ClN2O/c1-3-4-5-14-10(15)6-8(2)9(7-13)11(14)12/h6H,3-5H2,1-2H3. The van der Waals surface area contributed by atoms with Crippen molar-refractivity contribution in [2.45, 2.75) is 33.2 Å². The molecule has 80 valence electrons. The Morgan fingerprint density at radius 2 is 2.27 bits per heavy atom. The Morgan fingerprint density at radius 3 is 2.80 bits per heavy atom. The maximum atomic E-state index is 11.6. The third kappa shape index (κ3) is 2.40. The van der Waals surface area contributed by atoms with Crippen LogP contribution in [0.3, 0.4) is 0 Å². The van der Waals surface area contributed by atoms with Gasteiger partial charge in [0.05, 0.1) is 5.56 Å². The molecule has 0 N–H and O–H groups in total. The van der Waals surface area contributed by atoms with E-state index in [9.17, 15) is 4.79 Å². The third-order valence-corrected chi connectivity index (χ3v) is 2.68. The molecule has 0 saturated carbocycles. The van der Waals surface area contributed by atoms with Gasteiger partial charge in [0.15, 0.2) is 0 Å². The van der Waals surface area contributed by atoms with Crippen LogP contribution >= 0.6 is 11.6 Å². The van der Waals surface area contributed by atoms with Crippen LogP contribution in [0.4, 0.5) is 0 Å². The fourth-order valence-electron chi connectivity index (χ4n) is 1.39. The fraction of sp³-hybridized carbons (Fsp3) is 0.455. The number of aryl methyl sites for hydroxylation is 1. The second-order valence-corrected chi connectivity index (χ2v) is 3.81. The van der Waals surface area contributed by atoms with Crippen molar-refractivity contribution < 1.29 is 0 Å². The number of hydrogen-bond acceptors (Lipinski definition) is 2. The van der Waals surface area contributed by atoms with Gasteiger partial charge in [-0.05, 0) is 18.9 Å². The minimum Gasteiger partial charge on any atom is -0.298 e. The molecular weight excluding hydrogens is 212 g/mol. The van der Waals surface area contributed by atoms with E-state index in [1.807, 2.05) is 13.0 Å². The Kier molecular flexibility index (Phi) is 3.93. The van der Waals surface area contributed by atoms with Crippen LogP contribution in [0.25, 0.3) is 0 Å². The zero-order valence-electron chi connectivity index (χ0n) is 8.88. The van der Waals surface area contributed by atoms with Crippen LogP contribution < -0.4 is 5.56 Å². The molecule has 0 radical (unpaired) electrons. The van der Waals surface area contributed by atoms with E-state index >= 15 is 0 Å². The van der Waals surface area contributed by atoms with Gasteiger partial charge in [0.1, 0.15) is 11.2 Å². The molecule has 0 spiro atoms. The van der Waals surface area contributed by atoms with Crippen molar-refractivity contribution in [2.24, 2.45) is 0 Å². The molecule has 0 aliphatic rings. The van der Waals surface area contributed by atoms with Gasteiger partial charge in [-0.1, -0.05) is 24.9 Å². The molecule has 0 atom stereocenters. The van der Waals surface area contributed by atoms with Crippen molar-refractivity contribution in [3.63, 3.8) is 0 Å². The summed E-state index contributed by atoms with van der Waals surface area (Å²) in [6.45, 7) is 4.33. The Labute approximate surface area is 93.9 Å². The lowest BCUT2D eigenvalue weighted by Crippen LogP contribution is -2.21. The predicted octanol–water partition coefficient (Wildman–Crippen LogP) is 2.48. The zero-order valence-corrected chi connectivity index (χ0v) is 9.64. The molecule has 1 heterocycles. The average Bonchev–Trinajstić information content (AvgIpc) is 2.17. The topological polar surface area (TPSA) is 45.8 Å². The van der Waals surface area contributed by atoms with Crippen molar-refractivity contribution in [3.05, 3.63) is 32.7 Å². The minimum absolute atomic E-state index is 0.134. The lowest BCUT2D eigenvalue weighted by molar-refractivity contribution is 0.612. The third-order valence-electron chi connectivity index (χ3n) is 2.29. The van der Waals surface area contributed by atoms with E-state index in [0.717, 1.165) is 12.8 Å². The van der Waals surface area contributed by atoms with Gasteiger partial charge in [-0.15, -0.1) is 0 Å². The summed E-state index contributed by atoms with van der Waals surface area (Å²) in [5, 5.41) is 9.15. The molecule has 4 heteroatoms. The second-order valence-electron chi connectivity index (χ2n) is 3.45. The first-order valence-corrected chi connectivity index (χ1v) is 5.29. The molecule has 0 amide bonds. The van der Waals surface area contributed by atoms with Crippen LogP contribution in [0.1, 0.15) is 30.9 Å². The lowest BCUT2D eigenvalue weighted by Gasteiger charge is -2.09. The molecule has 0 fully saturated rings. The number of hydrogen-bond donors (Lipinski definition) is 0. The van der Waals surface area contributed by atoms with Gasteiger partial charge in [0.2, 0.25) is 0 Å². The van der Waals surface area contributed by atoms with Crippen molar-refractivity contribution in [1.82, 2.24) is 4.57 Å². The van der Waals surface area contributed by atoms with Gasteiger partial charge in [-0.3, -0.25) is 9.36 Å². The average molecular weight is 225 g/mol. The van der Waals surface area contributed by atoms with Crippen molar-refractivity contribution in [3.8, 4) is 6.07 Å². The number of aromatic nitrogens is 1. The molecule has 3 nitrogen and oxygen atoms in total. The van der Waals surface area contributed by atoms with E-state index in [4.69, 9.17) is 16.9 Å². The van der Waals surface area contributed by atoms with E-state index in [1.54, 1.807) is 6.92 Å². The number of halogens is 1. The normalized spacial score (nSPS) is 10.0. The molecule has 0 aliphatic heterocycles. The van der Waals surface area contributed by atoms with Gasteiger partial charge in [0.25, 0.3) is 5.56 Å². The molecule has 1 aromatic heterocycles. The summed E-state index contributed by atoms with van der Waals surface area (Å²) in [4.78, 5) is 11.6. The Bertz CT molecular complexity index is 457. The Hall–Kier alpha value is -1.27. The summed E-state index contributed by atoms with van der Waals surface area (Å²) >= 11 is 6.00. The van der Waals surface area contributed by atoms with E-state index in [0.29, 0.717) is 17.7 Å². The monoisotopic (exact) mass is 224 g/mol. The highest BCUT2D eigenvalue weighted by Gasteiger charge is 2.10. The number of pyridine rings is 1. The maximum Gasteiger partial charge on any atom is 0.251 e. The molecule has 0 aliphatic carbocycles. The number of rotatable bonds is 3. The first kappa shape index (κ1) is 11.8. The van der Waals surface area contributed by atoms with Crippen LogP contribution in [0.2, 0.25) is 5.15 Å². The van der Waals surface area contributed by atoms with Gasteiger partial charge in [-0.2, -0.15) is 5.26 Å². The minimum atomic E-state index is -0.134. The SMILES string of the molecule is CCCCn1c(Cl)c(C#N)c(C)cc1=O. The van der Waals surface area contributed by atoms with Crippen molar-refractivity contribution >= 4 is 11.6 Å². The van der Waals surface area contributed by atoms with Crippen LogP contribution in [-0.2, 0) is 6.54 Å². The highest BCUT2D eigenvalue weighted by Crippen LogP contribution is 2.16. The number of nitrogens with zero attached hydrogens (tertiary/aromatic N) is 2. The number of unbranched alkanes of at least 4 members (excludes halogenated alkanes) is 1. The first-order valence-electron chi connectivity index (χ1n) is 4.91. The Morgan fingerprint density at radius 1 is 1.60 bits per heavy atom. The highest BCUT2D eigenvalue weighted by atomic mass is 35.5. The van der Waals surface area contributed by atoms with Crippen LogP contribution in [0, 0.1) is 18.3 Å². The van der Waals surface area contributed by atoms with Crippen molar-refractivity contribution in [2.75, 3.05) is 0 Å². The van der Waals surface area contributed by atoms with Gasteiger partial charge >= 0.3 is 0 Å². The quantitative estimate of drug-likeness (QED) is 0.741. The predicted molar refractivity (Wildman–Crippen MR) is 60.1 cm³/mol. The fourth-order valence-corrected chi connectivity index (χ4v) is 1.75. The molecule has 0 unspecified atom stereocenters. The molecule has 0 saturated heterocycles. The summed E-state index contributed by atoms with van der Waals surface area (Å²) in [7, 11) is 0. The summed E-state index contributed by atoms with van der Waals surface area (Å²) < 4.78 is 1.45. The van der Waals surface area contributed by atoms with Gasteiger partial charge < -0.3 is 0 Å². The van der Waals surface area contributed by atoms with Crippen molar-refractivity contribution in [1.29, 1.82) is 5.26 Å². The van der Waals surface area contributed by atoms with Crippen LogP contribution in [0.15, 0.2) is 10.9 Å². The van der Waals surface area contributed by atoms with E-state index in [2.05, 4.69) is 0 Å². The Balaban J connectivity index is 3.28. The smallest absolute Gasteiger partial charge is 0.251 e. The van der Waals surface area contributed by atoms with E-state index in [1.165, 1.54) is 10.6 Å². The molecular formula is C11H13ClN2O. The first-order chi connectivity index (χ1) is 7.11. The zero-order chi connectivity index (χ0) is 11.4. The lowest BCUT2D eigenvalue weighted by atomic mass is 10.2. The summed E-state index contributed by atoms with van der Waals surface area (Å²) in [5.41, 5.74) is 0.901. The van der Waals surface area contributed by atoms with E-state index in [-0.39, 0.29) is 10.7 Å². The largest absolute Gasteiger partial charge is 0.298 e. The second kappa shape index (κ2) is 4.99. The summed E-state index contributed by atoms with van der Waals surface area (Å²) in [6.07, 6.45) is 1.87. The highest BCUT2D eigenvalue weighted by molar-refractivity contribution is 6.30. The molecule has 0 aromatic carbocycles. The van der Waals surface area contributed by atoms with Gasteiger partial charge in [-0.25, -0.2) is 0 Å². The van der Waals surface area contributed by atoms with Crippen LogP contribution in [0.5, 0.6) is 0 Å². The summed E-state index contributed by atoms with van der Waals surface area (Å²) in [5.74, 6) is 0. The molecule has 15 heavy (non-hydrogen) atoms. The van der Waals surface area contributed by atoms with Gasteiger partial charge in [0, 0.05) is 12.6 Å². The van der Waals surface area contributed by atoms with E-state index < -0.39 is 0 Å². The molecule has 1 aromatic rings. The number of nitriles is 1. The molecule has 1 rings (SSSR count).